The lowest BCUT2D eigenvalue weighted by molar-refractivity contribution is -0.0356. The van der Waals surface area contributed by atoms with Gasteiger partial charge in [-0.1, -0.05) is 0 Å². The van der Waals surface area contributed by atoms with Gasteiger partial charge in [-0.25, -0.2) is 4.79 Å². The summed E-state index contributed by atoms with van der Waals surface area (Å²) >= 11 is 0. The standard InChI is InChI=1S/C21H22O6/c1-21-13(5-4-6-19(21)22)10-14-17(27-21)11-16(26-20(14)23)12-7-8-15(24-2)18(9-12)25-3/h7-11,19,22H,4-6H2,1-3H3/t19-,21-/m0/s1. The van der Waals surface area contributed by atoms with Gasteiger partial charge in [0, 0.05) is 11.6 Å². The molecule has 6 nitrogen and oxygen atoms in total. The first-order chi connectivity index (χ1) is 13.0. The Bertz CT molecular complexity index is 973. The van der Waals surface area contributed by atoms with Crippen LogP contribution in [0.5, 0.6) is 17.2 Å². The van der Waals surface area contributed by atoms with Crippen molar-refractivity contribution in [2.75, 3.05) is 14.2 Å². The third-order valence-electron chi connectivity index (χ3n) is 5.46. The fraction of sp³-hybridized carbons (Fsp3) is 0.381. The average molecular weight is 370 g/mol. The molecule has 1 N–H and O–H groups in total. The normalized spacial score (nSPS) is 23.6. The van der Waals surface area contributed by atoms with E-state index < -0.39 is 17.3 Å². The Morgan fingerprint density at radius 2 is 1.96 bits per heavy atom. The van der Waals surface area contributed by atoms with Gasteiger partial charge in [-0.3, -0.25) is 0 Å². The molecule has 1 aliphatic carbocycles. The first-order valence-electron chi connectivity index (χ1n) is 8.95. The molecule has 2 aromatic rings. The minimum Gasteiger partial charge on any atom is -0.493 e. The summed E-state index contributed by atoms with van der Waals surface area (Å²) in [6, 6.07) is 6.97. The highest BCUT2D eigenvalue weighted by Gasteiger charge is 2.44. The highest BCUT2D eigenvalue weighted by atomic mass is 16.5. The van der Waals surface area contributed by atoms with Crippen molar-refractivity contribution >= 4 is 6.08 Å². The fourth-order valence-electron chi connectivity index (χ4n) is 3.80. The van der Waals surface area contributed by atoms with E-state index in [4.69, 9.17) is 18.6 Å². The predicted octanol–water partition coefficient (Wildman–Crippen LogP) is 3.40. The zero-order valence-corrected chi connectivity index (χ0v) is 15.6. The molecule has 1 aliphatic heterocycles. The zero-order chi connectivity index (χ0) is 19.2. The van der Waals surface area contributed by atoms with Gasteiger partial charge in [0.25, 0.3) is 0 Å². The van der Waals surface area contributed by atoms with Crippen LogP contribution in [0.25, 0.3) is 17.4 Å². The Labute approximate surface area is 157 Å². The number of benzene rings is 1. The van der Waals surface area contributed by atoms with Gasteiger partial charge in [0.2, 0.25) is 0 Å². The molecule has 1 aromatic heterocycles. The lowest BCUT2D eigenvalue weighted by Gasteiger charge is -2.43. The minimum absolute atomic E-state index is 0.366. The molecular weight excluding hydrogens is 348 g/mol. The van der Waals surface area contributed by atoms with Crippen molar-refractivity contribution in [2.24, 2.45) is 0 Å². The van der Waals surface area contributed by atoms with Gasteiger partial charge >= 0.3 is 5.63 Å². The largest absolute Gasteiger partial charge is 0.493 e. The van der Waals surface area contributed by atoms with Gasteiger partial charge in [-0.05, 0) is 56.0 Å². The molecule has 0 unspecified atom stereocenters. The molecule has 2 atom stereocenters. The smallest absolute Gasteiger partial charge is 0.347 e. The van der Waals surface area contributed by atoms with Crippen LogP contribution in [0.2, 0.25) is 0 Å². The zero-order valence-electron chi connectivity index (χ0n) is 15.6. The van der Waals surface area contributed by atoms with Crippen LogP contribution in [0.1, 0.15) is 31.7 Å². The predicted molar refractivity (Wildman–Crippen MR) is 100 cm³/mol. The second-order valence-electron chi connectivity index (χ2n) is 7.03. The molecule has 6 heteroatoms. The molecule has 142 valence electrons. The summed E-state index contributed by atoms with van der Waals surface area (Å²) in [7, 11) is 3.11. The Morgan fingerprint density at radius 3 is 2.70 bits per heavy atom. The van der Waals surface area contributed by atoms with E-state index in [0.29, 0.717) is 40.6 Å². The van der Waals surface area contributed by atoms with E-state index in [1.807, 2.05) is 13.0 Å². The van der Waals surface area contributed by atoms with Crippen LogP contribution in [-0.2, 0) is 0 Å². The van der Waals surface area contributed by atoms with E-state index in [-0.39, 0.29) is 0 Å². The Kier molecular flexibility index (Phi) is 4.23. The fourth-order valence-corrected chi connectivity index (χ4v) is 3.80. The minimum atomic E-state index is -0.812. The number of hydrogen-bond donors (Lipinski definition) is 1. The van der Waals surface area contributed by atoms with Crippen molar-refractivity contribution in [2.45, 2.75) is 37.9 Å². The van der Waals surface area contributed by atoms with Crippen LogP contribution in [0, 0.1) is 0 Å². The Balaban J connectivity index is 1.81. The van der Waals surface area contributed by atoms with Crippen molar-refractivity contribution in [3.05, 3.63) is 45.8 Å². The van der Waals surface area contributed by atoms with Crippen LogP contribution >= 0.6 is 0 Å². The Morgan fingerprint density at radius 1 is 1.19 bits per heavy atom. The van der Waals surface area contributed by atoms with Crippen LogP contribution in [0.4, 0.5) is 0 Å². The number of fused-ring (bicyclic) bond motifs is 2. The molecule has 4 rings (SSSR count). The summed E-state index contributed by atoms with van der Waals surface area (Å²) in [5.41, 5.74) is 0.710. The van der Waals surface area contributed by atoms with E-state index in [1.165, 1.54) is 0 Å². The summed E-state index contributed by atoms with van der Waals surface area (Å²) in [5.74, 6) is 1.91. The molecule has 0 amide bonds. The number of ether oxygens (including phenoxy) is 3. The summed E-state index contributed by atoms with van der Waals surface area (Å²) < 4.78 is 22.3. The molecule has 1 fully saturated rings. The van der Waals surface area contributed by atoms with Gasteiger partial charge in [0.05, 0.1) is 20.3 Å². The quantitative estimate of drug-likeness (QED) is 0.892. The molecule has 1 saturated carbocycles. The SMILES string of the molecule is COc1ccc(-c2cc3c(c(=O)o2)C=C2CCC[C@H](O)[C@@]2(C)O3)cc1OC. The summed E-state index contributed by atoms with van der Waals surface area (Å²) in [4.78, 5) is 12.6. The molecule has 1 aromatic carbocycles. The lowest BCUT2D eigenvalue weighted by Crippen LogP contribution is -2.50. The van der Waals surface area contributed by atoms with Crippen LogP contribution < -0.4 is 19.8 Å². The maximum atomic E-state index is 12.6. The third-order valence-corrected chi connectivity index (χ3v) is 5.46. The van der Waals surface area contributed by atoms with Crippen LogP contribution in [0.3, 0.4) is 0 Å². The average Bonchev–Trinajstić information content (AvgIpc) is 2.67. The summed E-state index contributed by atoms with van der Waals surface area (Å²) in [6.07, 6.45) is 3.54. The maximum absolute atomic E-state index is 12.6. The van der Waals surface area contributed by atoms with Gasteiger partial charge in [-0.15, -0.1) is 0 Å². The molecule has 0 saturated heterocycles. The van der Waals surface area contributed by atoms with E-state index in [0.717, 1.165) is 18.4 Å². The van der Waals surface area contributed by atoms with Crippen molar-refractivity contribution in [3.63, 3.8) is 0 Å². The highest BCUT2D eigenvalue weighted by Crippen LogP contribution is 2.44. The van der Waals surface area contributed by atoms with Crippen molar-refractivity contribution < 1.29 is 23.7 Å². The maximum Gasteiger partial charge on any atom is 0.347 e. The first kappa shape index (κ1) is 17.7. The number of rotatable bonds is 3. The highest BCUT2D eigenvalue weighted by molar-refractivity contribution is 5.69. The van der Waals surface area contributed by atoms with Crippen molar-refractivity contribution in [1.82, 2.24) is 0 Å². The Hall–Kier alpha value is -2.73. The molecule has 27 heavy (non-hydrogen) atoms. The summed E-state index contributed by atoms with van der Waals surface area (Å²) in [6.45, 7) is 1.87. The van der Waals surface area contributed by atoms with Gasteiger partial charge in [0.1, 0.15) is 17.1 Å². The van der Waals surface area contributed by atoms with E-state index in [1.54, 1.807) is 38.5 Å². The molecule has 0 spiro atoms. The topological polar surface area (TPSA) is 78.1 Å². The first-order valence-corrected chi connectivity index (χ1v) is 8.95. The van der Waals surface area contributed by atoms with Crippen molar-refractivity contribution in [1.29, 1.82) is 0 Å². The lowest BCUT2D eigenvalue weighted by atomic mass is 9.77. The number of aliphatic hydroxyl groups excluding tert-OH is 1. The van der Waals surface area contributed by atoms with E-state index in [9.17, 15) is 9.90 Å². The number of hydrogen-bond acceptors (Lipinski definition) is 6. The molecular formula is C21H22O6. The molecule has 0 bridgehead atoms. The molecule has 0 radical (unpaired) electrons. The molecule has 2 aliphatic rings. The van der Waals surface area contributed by atoms with Crippen molar-refractivity contribution in [3.8, 4) is 28.6 Å². The van der Waals surface area contributed by atoms with Crippen LogP contribution in [-0.4, -0.2) is 31.0 Å². The summed E-state index contributed by atoms with van der Waals surface area (Å²) in [5, 5.41) is 10.5. The van der Waals surface area contributed by atoms with Gasteiger partial charge < -0.3 is 23.7 Å². The van der Waals surface area contributed by atoms with Crippen LogP contribution in [0.15, 0.2) is 39.1 Å². The van der Waals surface area contributed by atoms with Gasteiger partial charge in [-0.2, -0.15) is 0 Å². The number of aliphatic hydroxyl groups is 1. The van der Waals surface area contributed by atoms with Gasteiger partial charge in [0.15, 0.2) is 17.1 Å². The number of methoxy groups -OCH3 is 2. The second-order valence-corrected chi connectivity index (χ2v) is 7.03. The second kappa shape index (κ2) is 6.46. The molecule has 2 heterocycles. The van der Waals surface area contributed by atoms with E-state index >= 15 is 0 Å². The monoisotopic (exact) mass is 370 g/mol. The van der Waals surface area contributed by atoms with E-state index in [2.05, 4.69) is 0 Å². The third kappa shape index (κ3) is 2.80.